The number of para-hydroxylation sites is 2. The minimum Gasteiger partial charge on any atom is -0.330 e. The molecular formula is C21H23ClN4O. The number of fused-ring (bicyclic) bond motifs is 1. The van der Waals surface area contributed by atoms with Gasteiger partial charge < -0.3 is 9.88 Å². The fourth-order valence-electron chi connectivity index (χ4n) is 3.67. The summed E-state index contributed by atoms with van der Waals surface area (Å²) >= 11 is 5.89. The number of aromatic nitrogens is 2. The summed E-state index contributed by atoms with van der Waals surface area (Å²) in [6.45, 7) is 2.63. The number of benzene rings is 2. The van der Waals surface area contributed by atoms with Crippen LogP contribution in [-0.2, 0) is 18.4 Å². The SMILES string of the molecule is Cn1c(CN2CCC(C(=O)Nc3ccc(Cl)cc3)CC2)nc2ccccc21. The zero-order chi connectivity index (χ0) is 18.8. The summed E-state index contributed by atoms with van der Waals surface area (Å²) < 4.78 is 2.16. The normalized spacial score (nSPS) is 15.9. The Labute approximate surface area is 163 Å². The third-order valence-corrected chi connectivity index (χ3v) is 5.57. The average molecular weight is 383 g/mol. The second-order valence-electron chi connectivity index (χ2n) is 7.12. The Kier molecular flexibility index (Phi) is 5.14. The number of rotatable bonds is 4. The summed E-state index contributed by atoms with van der Waals surface area (Å²) in [5.41, 5.74) is 2.99. The van der Waals surface area contributed by atoms with Crippen LogP contribution in [0.3, 0.4) is 0 Å². The van der Waals surface area contributed by atoms with Crippen LogP contribution in [0, 0.1) is 5.92 Å². The van der Waals surface area contributed by atoms with Crippen LogP contribution in [0.5, 0.6) is 0 Å². The average Bonchev–Trinajstić information content (AvgIpc) is 3.00. The van der Waals surface area contributed by atoms with Crippen LogP contribution in [0.4, 0.5) is 5.69 Å². The minimum absolute atomic E-state index is 0.0531. The highest BCUT2D eigenvalue weighted by atomic mass is 35.5. The van der Waals surface area contributed by atoms with E-state index in [1.54, 1.807) is 12.1 Å². The van der Waals surface area contributed by atoms with Gasteiger partial charge in [-0.15, -0.1) is 0 Å². The molecule has 3 aromatic rings. The van der Waals surface area contributed by atoms with Crippen molar-refractivity contribution in [3.63, 3.8) is 0 Å². The number of anilines is 1. The van der Waals surface area contributed by atoms with Crippen molar-refractivity contribution in [1.82, 2.24) is 14.5 Å². The third-order valence-electron chi connectivity index (χ3n) is 5.31. The number of carbonyl (C=O) groups excluding carboxylic acids is 1. The topological polar surface area (TPSA) is 50.2 Å². The predicted molar refractivity (Wildman–Crippen MR) is 109 cm³/mol. The second kappa shape index (κ2) is 7.71. The van der Waals surface area contributed by atoms with Crippen LogP contribution in [0.25, 0.3) is 11.0 Å². The molecule has 0 spiro atoms. The molecule has 1 fully saturated rings. The highest BCUT2D eigenvalue weighted by Gasteiger charge is 2.25. The van der Waals surface area contributed by atoms with Crippen molar-refractivity contribution in [3.05, 3.63) is 59.4 Å². The first-order valence-corrected chi connectivity index (χ1v) is 9.67. The largest absolute Gasteiger partial charge is 0.330 e. The Morgan fingerprint density at radius 1 is 1.15 bits per heavy atom. The predicted octanol–water partition coefficient (Wildman–Crippen LogP) is 4.08. The number of halogens is 1. The molecule has 0 atom stereocenters. The van der Waals surface area contributed by atoms with E-state index in [4.69, 9.17) is 16.6 Å². The first-order chi connectivity index (χ1) is 13.1. The highest BCUT2D eigenvalue weighted by Crippen LogP contribution is 2.22. The van der Waals surface area contributed by atoms with E-state index in [0.29, 0.717) is 5.02 Å². The number of piperidine rings is 1. The van der Waals surface area contributed by atoms with Crippen LogP contribution < -0.4 is 5.32 Å². The number of imidazole rings is 1. The monoisotopic (exact) mass is 382 g/mol. The van der Waals surface area contributed by atoms with E-state index in [9.17, 15) is 4.79 Å². The van der Waals surface area contributed by atoms with Gasteiger partial charge in [0.15, 0.2) is 0 Å². The molecule has 6 heteroatoms. The highest BCUT2D eigenvalue weighted by molar-refractivity contribution is 6.30. The number of nitrogens with zero attached hydrogens (tertiary/aromatic N) is 3. The van der Waals surface area contributed by atoms with Gasteiger partial charge in [-0.2, -0.15) is 0 Å². The smallest absolute Gasteiger partial charge is 0.227 e. The molecular weight excluding hydrogens is 360 g/mol. The molecule has 1 amide bonds. The van der Waals surface area contributed by atoms with E-state index in [-0.39, 0.29) is 11.8 Å². The molecule has 2 aromatic carbocycles. The maximum Gasteiger partial charge on any atom is 0.227 e. The van der Waals surface area contributed by atoms with Crippen molar-refractivity contribution in [2.45, 2.75) is 19.4 Å². The van der Waals surface area contributed by atoms with E-state index < -0.39 is 0 Å². The second-order valence-corrected chi connectivity index (χ2v) is 7.56. The zero-order valence-electron chi connectivity index (χ0n) is 15.4. The van der Waals surface area contributed by atoms with Crippen molar-refractivity contribution < 1.29 is 4.79 Å². The summed E-state index contributed by atoms with van der Waals surface area (Å²) in [5.74, 6) is 1.22. The van der Waals surface area contributed by atoms with Gasteiger partial charge in [0.1, 0.15) is 5.82 Å². The summed E-state index contributed by atoms with van der Waals surface area (Å²) in [7, 11) is 2.07. The lowest BCUT2D eigenvalue weighted by atomic mass is 9.96. The Morgan fingerprint density at radius 3 is 2.56 bits per heavy atom. The Balaban J connectivity index is 1.33. The lowest BCUT2D eigenvalue weighted by molar-refractivity contribution is -0.121. The molecule has 1 saturated heterocycles. The lowest BCUT2D eigenvalue weighted by Crippen LogP contribution is -2.38. The minimum atomic E-state index is 0.0531. The van der Waals surface area contributed by atoms with Crippen LogP contribution in [0.2, 0.25) is 5.02 Å². The maximum absolute atomic E-state index is 12.5. The molecule has 1 aromatic heterocycles. The Hall–Kier alpha value is -2.37. The first-order valence-electron chi connectivity index (χ1n) is 9.29. The Bertz CT molecular complexity index is 942. The number of carbonyl (C=O) groups is 1. The number of likely N-dealkylation sites (tertiary alicyclic amines) is 1. The van der Waals surface area contributed by atoms with Gasteiger partial charge in [-0.05, 0) is 62.3 Å². The van der Waals surface area contributed by atoms with Crippen molar-refractivity contribution in [1.29, 1.82) is 0 Å². The van der Waals surface area contributed by atoms with Crippen LogP contribution in [0.1, 0.15) is 18.7 Å². The molecule has 0 aliphatic carbocycles. The molecule has 27 heavy (non-hydrogen) atoms. The summed E-state index contributed by atoms with van der Waals surface area (Å²) in [4.78, 5) is 19.6. The van der Waals surface area contributed by atoms with Gasteiger partial charge in [0.2, 0.25) is 5.91 Å². The van der Waals surface area contributed by atoms with E-state index >= 15 is 0 Å². The molecule has 0 bridgehead atoms. The summed E-state index contributed by atoms with van der Waals surface area (Å²) in [5, 5.41) is 3.67. The molecule has 140 valence electrons. The van der Waals surface area contributed by atoms with Crippen molar-refractivity contribution >= 4 is 34.2 Å². The van der Waals surface area contributed by atoms with E-state index in [2.05, 4.69) is 27.9 Å². The number of aryl methyl sites for hydroxylation is 1. The molecule has 0 unspecified atom stereocenters. The third kappa shape index (κ3) is 3.99. The Morgan fingerprint density at radius 2 is 1.85 bits per heavy atom. The quantitative estimate of drug-likeness (QED) is 0.739. The van der Waals surface area contributed by atoms with E-state index in [1.807, 2.05) is 30.3 Å². The van der Waals surface area contributed by atoms with Gasteiger partial charge in [0.05, 0.1) is 17.6 Å². The van der Waals surface area contributed by atoms with Crippen molar-refractivity contribution in [2.24, 2.45) is 13.0 Å². The zero-order valence-corrected chi connectivity index (χ0v) is 16.1. The molecule has 2 heterocycles. The summed E-state index contributed by atoms with van der Waals surface area (Å²) in [6, 6.07) is 15.4. The van der Waals surface area contributed by atoms with Gasteiger partial charge >= 0.3 is 0 Å². The molecule has 5 nitrogen and oxygen atoms in total. The van der Waals surface area contributed by atoms with Gasteiger partial charge in [-0.3, -0.25) is 9.69 Å². The fraction of sp³-hybridized carbons (Fsp3) is 0.333. The molecule has 1 aliphatic rings. The fourth-order valence-corrected chi connectivity index (χ4v) is 3.79. The molecule has 0 saturated carbocycles. The lowest BCUT2D eigenvalue weighted by Gasteiger charge is -2.31. The van der Waals surface area contributed by atoms with Gasteiger partial charge in [-0.1, -0.05) is 23.7 Å². The van der Waals surface area contributed by atoms with Crippen LogP contribution in [0.15, 0.2) is 48.5 Å². The van der Waals surface area contributed by atoms with Crippen molar-refractivity contribution in [3.8, 4) is 0 Å². The van der Waals surface area contributed by atoms with E-state index in [0.717, 1.165) is 55.0 Å². The number of hydrogen-bond donors (Lipinski definition) is 1. The molecule has 0 radical (unpaired) electrons. The molecule has 1 aliphatic heterocycles. The molecule has 1 N–H and O–H groups in total. The first kappa shape index (κ1) is 18.0. The molecule has 4 rings (SSSR count). The summed E-state index contributed by atoms with van der Waals surface area (Å²) in [6.07, 6.45) is 1.73. The van der Waals surface area contributed by atoms with Crippen LogP contribution >= 0.6 is 11.6 Å². The number of amides is 1. The van der Waals surface area contributed by atoms with Gasteiger partial charge in [0, 0.05) is 23.7 Å². The van der Waals surface area contributed by atoms with Gasteiger partial charge in [-0.25, -0.2) is 4.98 Å². The van der Waals surface area contributed by atoms with Gasteiger partial charge in [0.25, 0.3) is 0 Å². The van der Waals surface area contributed by atoms with Crippen LogP contribution in [-0.4, -0.2) is 33.4 Å². The maximum atomic E-state index is 12.5. The standard InChI is InChI=1S/C21H23ClN4O/c1-25-19-5-3-2-4-18(19)24-20(25)14-26-12-10-15(11-13-26)21(27)23-17-8-6-16(22)7-9-17/h2-9,15H,10-14H2,1H3,(H,23,27). The number of hydrogen-bond acceptors (Lipinski definition) is 3. The number of nitrogens with one attached hydrogen (secondary N) is 1. The van der Waals surface area contributed by atoms with E-state index in [1.165, 1.54) is 0 Å². The van der Waals surface area contributed by atoms with Crippen molar-refractivity contribution in [2.75, 3.05) is 18.4 Å².